The smallest absolute Gasteiger partial charge is 0.246 e. The van der Waals surface area contributed by atoms with Gasteiger partial charge in [0.15, 0.2) is 0 Å². The van der Waals surface area contributed by atoms with Gasteiger partial charge in [0.25, 0.3) is 0 Å². The average Bonchev–Trinajstić information content (AvgIpc) is 3.24. The predicted molar refractivity (Wildman–Crippen MR) is 90.7 cm³/mol. The van der Waals surface area contributed by atoms with Gasteiger partial charge < -0.3 is 4.74 Å². The third-order valence-electron chi connectivity index (χ3n) is 4.97. The SMILES string of the molecule is Cc1ccncc1C1CCN(S(=O)(=O)c2cccc3c2OCC3)C1. The largest absolute Gasteiger partial charge is 0.492 e. The van der Waals surface area contributed by atoms with E-state index >= 15 is 0 Å². The summed E-state index contributed by atoms with van der Waals surface area (Å²) in [5.41, 5.74) is 3.29. The molecule has 2 aliphatic heterocycles. The van der Waals surface area contributed by atoms with Gasteiger partial charge in [0.1, 0.15) is 10.6 Å². The highest BCUT2D eigenvalue weighted by molar-refractivity contribution is 7.89. The van der Waals surface area contributed by atoms with Crippen LogP contribution < -0.4 is 4.74 Å². The van der Waals surface area contributed by atoms with Crippen molar-refractivity contribution in [2.75, 3.05) is 19.7 Å². The quantitative estimate of drug-likeness (QED) is 0.858. The number of fused-ring (bicyclic) bond motifs is 1. The van der Waals surface area contributed by atoms with Gasteiger partial charge in [-0.15, -0.1) is 0 Å². The summed E-state index contributed by atoms with van der Waals surface area (Å²) in [7, 11) is -3.53. The minimum absolute atomic E-state index is 0.200. The van der Waals surface area contributed by atoms with Crippen LogP contribution in [0.3, 0.4) is 0 Å². The zero-order valence-corrected chi connectivity index (χ0v) is 14.4. The molecule has 5 nitrogen and oxygen atoms in total. The Kier molecular flexibility index (Phi) is 3.81. The number of benzene rings is 1. The predicted octanol–water partition coefficient (Wildman–Crippen LogP) is 2.50. The molecule has 1 aromatic heterocycles. The Morgan fingerprint density at radius 3 is 3.00 bits per heavy atom. The van der Waals surface area contributed by atoms with E-state index in [0.717, 1.165) is 29.5 Å². The van der Waals surface area contributed by atoms with E-state index in [2.05, 4.69) is 4.98 Å². The molecule has 1 atom stereocenters. The van der Waals surface area contributed by atoms with Gasteiger partial charge in [-0.25, -0.2) is 8.42 Å². The summed E-state index contributed by atoms with van der Waals surface area (Å²) >= 11 is 0. The lowest BCUT2D eigenvalue weighted by Crippen LogP contribution is -2.29. The van der Waals surface area contributed by atoms with Gasteiger partial charge in [-0.05, 0) is 42.2 Å². The minimum Gasteiger partial charge on any atom is -0.492 e. The first-order valence-corrected chi connectivity index (χ1v) is 9.67. The number of nitrogens with zero attached hydrogens (tertiary/aromatic N) is 2. The topological polar surface area (TPSA) is 59.5 Å². The molecule has 1 saturated heterocycles. The molecule has 0 saturated carbocycles. The average molecular weight is 344 g/mol. The van der Waals surface area contributed by atoms with Crippen molar-refractivity contribution in [3.63, 3.8) is 0 Å². The third kappa shape index (κ3) is 2.50. The lowest BCUT2D eigenvalue weighted by molar-refractivity contribution is 0.347. The first-order chi connectivity index (χ1) is 11.6. The second-order valence-corrected chi connectivity index (χ2v) is 8.33. The maximum absolute atomic E-state index is 13.1. The van der Waals surface area contributed by atoms with Crippen molar-refractivity contribution in [2.24, 2.45) is 0 Å². The van der Waals surface area contributed by atoms with Gasteiger partial charge in [0.05, 0.1) is 6.61 Å². The van der Waals surface area contributed by atoms with Gasteiger partial charge in [-0.3, -0.25) is 4.98 Å². The first-order valence-electron chi connectivity index (χ1n) is 8.23. The van der Waals surface area contributed by atoms with Crippen LogP contribution in [-0.2, 0) is 16.4 Å². The number of aromatic nitrogens is 1. The molecule has 0 N–H and O–H groups in total. The molecule has 0 radical (unpaired) electrons. The van der Waals surface area contributed by atoms with Crippen LogP contribution in [-0.4, -0.2) is 37.4 Å². The van der Waals surface area contributed by atoms with Crippen LogP contribution in [0.5, 0.6) is 5.75 Å². The number of para-hydroxylation sites is 1. The molecule has 1 aromatic carbocycles. The van der Waals surface area contributed by atoms with E-state index < -0.39 is 10.0 Å². The van der Waals surface area contributed by atoms with E-state index in [1.165, 1.54) is 0 Å². The van der Waals surface area contributed by atoms with Crippen molar-refractivity contribution in [3.8, 4) is 5.75 Å². The van der Waals surface area contributed by atoms with Gasteiger partial charge in [0.2, 0.25) is 10.0 Å². The van der Waals surface area contributed by atoms with Crippen molar-refractivity contribution < 1.29 is 13.2 Å². The number of sulfonamides is 1. The highest BCUT2D eigenvalue weighted by Crippen LogP contribution is 2.37. The van der Waals surface area contributed by atoms with Crippen LogP contribution in [0.1, 0.15) is 29.0 Å². The highest BCUT2D eigenvalue weighted by Gasteiger charge is 2.36. The van der Waals surface area contributed by atoms with E-state index in [1.54, 1.807) is 22.6 Å². The molecule has 24 heavy (non-hydrogen) atoms. The molecule has 4 rings (SSSR count). The lowest BCUT2D eigenvalue weighted by Gasteiger charge is -2.19. The molecule has 1 unspecified atom stereocenters. The van der Waals surface area contributed by atoms with Crippen molar-refractivity contribution in [1.82, 2.24) is 9.29 Å². The second-order valence-electron chi connectivity index (χ2n) is 6.42. The summed E-state index contributed by atoms with van der Waals surface area (Å²) in [4.78, 5) is 4.50. The highest BCUT2D eigenvalue weighted by atomic mass is 32.2. The summed E-state index contributed by atoms with van der Waals surface area (Å²) in [6.45, 7) is 3.63. The summed E-state index contributed by atoms with van der Waals surface area (Å²) < 4.78 is 33.3. The number of aryl methyl sites for hydroxylation is 1. The molecule has 2 aromatic rings. The molecule has 0 spiro atoms. The Labute approximate surface area is 142 Å². The summed E-state index contributed by atoms with van der Waals surface area (Å²) in [6, 6.07) is 7.37. The Balaban J connectivity index is 1.63. The van der Waals surface area contributed by atoms with Gasteiger partial charge >= 0.3 is 0 Å². The Hall–Kier alpha value is -1.92. The number of rotatable bonds is 3. The summed E-state index contributed by atoms with van der Waals surface area (Å²) in [6.07, 6.45) is 5.23. The lowest BCUT2D eigenvalue weighted by atomic mass is 9.96. The van der Waals surface area contributed by atoms with Gasteiger partial charge in [0, 0.05) is 37.8 Å². The number of hydrogen-bond acceptors (Lipinski definition) is 4. The van der Waals surface area contributed by atoms with E-state index in [4.69, 9.17) is 4.74 Å². The fraction of sp³-hybridized carbons (Fsp3) is 0.389. The Morgan fingerprint density at radius 1 is 1.29 bits per heavy atom. The molecular weight excluding hydrogens is 324 g/mol. The fourth-order valence-corrected chi connectivity index (χ4v) is 5.31. The first kappa shape index (κ1) is 15.6. The molecular formula is C18H20N2O3S. The Bertz CT molecular complexity index is 880. The molecule has 1 fully saturated rings. The third-order valence-corrected chi connectivity index (χ3v) is 6.86. The van der Waals surface area contributed by atoms with E-state index in [0.29, 0.717) is 30.3 Å². The summed E-state index contributed by atoms with van der Waals surface area (Å²) in [5.74, 6) is 0.740. The van der Waals surface area contributed by atoms with E-state index in [9.17, 15) is 8.42 Å². The normalized spacial score (nSPS) is 20.8. The maximum atomic E-state index is 13.1. The van der Waals surface area contributed by atoms with Crippen LogP contribution in [0.2, 0.25) is 0 Å². The molecule has 0 aliphatic carbocycles. The van der Waals surface area contributed by atoms with Crippen LogP contribution >= 0.6 is 0 Å². The molecule has 3 heterocycles. The zero-order valence-electron chi connectivity index (χ0n) is 13.6. The van der Waals surface area contributed by atoms with Crippen LogP contribution in [0.15, 0.2) is 41.6 Å². The van der Waals surface area contributed by atoms with E-state index in [-0.39, 0.29) is 5.92 Å². The fourth-order valence-electron chi connectivity index (χ4n) is 3.63. The van der Waals surface area contributed by atoms with Crippen LogP contribution in [0.25, 0.3) is 0 Å². The molecule has 2 aliphatic rings. The minimum atomic E-state index is -3.53. The van der Waals surface area contributed by atoms with Gasteiger partial charge in [-0.2, -0.15) is 4.31 Å². The summed E-state index contributed by atoms with van der Waals surface area (Å²) in [5, 5.41) is 0. The molecule has 6 heteroatoms. The van der Waals surface area contributed by atoms with Crippen molar-refractivity contribution in [3.05, 3.63) is 53.3 Å². The number of ether oxygens (including phenoxy) is 1. The molecule has 0 bridgehead atoms. The zero-order chi connectivity index (χ0) is 16.7. The monoisotopic (exact) mass is 344 g/mol. The maximum Gasteiger partial charge on any atom is 0.246 e. The van der Waals surface area contributed by atoms with Crippen LogP contribution in [0, 0.1) is 6.92 Å². The van der Waals surface area contributed by atoms with E-state index in [1.807, 2.05) is 25.3 Å². The van der Waals surface area contributed by atoms with Crippen molar-refractivity contribution in [2.45, 2.75) is 30.6 Å². The standard InChI is InChI=1S/C18H20N2O3S/c1-13-5-8-19-11-16(13)15-6-9-20(12-15)24(21,22)17-4-2-3-14-7-10-23-18(14)17/h2-5,8,11,15H,6-7,9-10,12H2,1H3. The molecule has 126 valence electrons. The van der Waals surface area contributed by atoms with Crippen LogP contribution in [0.4, 0.5) is 0 Å². The van der Waals surface area contributed by atoms with Crippen molar-refractivity contribution in [1.29, 1.82) is 0 Å². The second kappa shape index (κ2) is 5.86. The molecule has 0 amide bonds. The van der Waals surface area contributed by atoms with Gasteiger partial charge in [-0.1, -0.05) is 12.1 Å². The number of pyridine rings is 1. The number of hydrogen-bond donors (Lipinski definition) is 0. The van der Waals surface area contributed by atoms with Crippen molar-refractivity contribution >= 4 is 10.0 Å². The Morgan fingerprint density at radius 2 is 2.17 bits per heavy atom.